The molecule has 0 aliphatic heterocycles. The third-order valence-electron chi connectivity index (χ3n) is 5.26. The van der Waals surface area contributed by atoms with E-state index in [0.717, 1.165) is 38.9 Å². The molecule has 0 fully saturated rings. The van der Waals surface area contributed by atoms with Crippen LogP contribution in [0.4, 0.5) is 0 Å². The molecule has 0 saturated heterocycles. The maximum atomic E-state index is 13.7. The molecule has 0 spiro atoms. The molecular weight excluding hydrogens is 406 g/mol. The van der Waals surface area contributed by atoms with Crippen molar-refractivity contribution >= 4 is 27.2 Å². The van der Waals surface area contributed by atoms with Gasteiger partial charge in [-0.05, 0) is 74.8 Å². The zero-order chi connectivity index (χ0) is 22.1. The molecule has 31 heavy (non-hydrogen) atoms. The number of phenolic OH excluding ortho intramolecular Hbond substituents is 1. The van der Waals surface area contributed by atoms with Crippen molar-refractivity contribution in [2.45, 2.75) is 27.3 Å². The van der Waals surface area contributed by atoms with E-state index in [1.807, 2.05) is 64.2 Å². The van der Waals surface area contributed by atoms with Crippen molar-refractivity contribution in [2.24, 2.45) is 0 Å². The van der Waals surface area contributed by atoms with Gasteiger partial charge in [-0.15, -0.1) is 11.3 Å². The van der Waals surface area contributed by atoms with Crippen LogP contribution in [-0.2, 0) is 6.54 Å². The first-order chi connectivity index (χ1) is 14.9. The molecule has 0 aliphatic carbocycles. The number of aryl methyl sites for hydroxylation is 3. The molecule has 0 amide bonds. The molecule has 0 atom stereocenters. The van der Waals surface area contributed by atoms with Gasteiger partial charge in [0.1, 0.15) is 16.4 Å². The number of hydrogen-bond donors (Lipinski definition) is 2. The number of hydrogen-bond acceptors (Lipinski definition) is 5. The average molecular weight is 432 g/mol. The zero-order valence-corrected chi connectivity index (χ0v) is 18.9. The Morgan fingerprint density at radius 2 is 1.68 bits per heavy atom. The van der Waals surface area contributed by atoms with Gasteiger partial charge in [0, 0.05) is 22.2 Å². The van der Waals surface area contributed by atoms with Crippen LogP contribution in [0.1, 0.15) is 37.5 Å². The lowest BCUT2D eigenvalue weighted by atomic mass is 9.95. The van der Waals surface area contributed by atoms with Gasteiger partial charge in [0.05, 0.1) is 0 Å². The predicted molar refractivity (Wildman–Crippen MR) is 127 cm³/mol. The van der Waals surface area contributed by atoms with Crippen LogP contribution in [0.5, 0.6) is 17.2 Å². The van der Waals surface area contributed by atoms with Crippen LogP contribution in [0.2, 0.25) is 0 Å². The van der Waals surface area contributed by atoms with E-state index in [4.69, 9.17) is 4.74 Å². The smallest absolute Gasteiger partial charge is 0.207 e. The fourth-order valence-electron chi connectivity index (χ4n) is 3.96. The summed E-state index contributed by atoms with van der Waals surface area (Å²) in [5, 5.41) is 13.9. The Bertz CT molecular complexity index is 1250. The Labute approximate surface area is 186 Å². The number of nitrogens with one attached hydrogen (secondary N) is 1. The molecule has 4 nitrogen and oxygen atoms in total. The van der Waals surface area contributed by atoms with Gasteiger partial charge in [-0.3, -0.25) is 4.79 Å². The maximum absolute atomic E-state index is 13.7. The first-order valence-electron chi connectivity index (χ1n) is 10.2. The molecule has 1 heterocycles. The zero-order valence-electron chi connectivity index (χ0n) is 18.1. The third kappa shape index (κ3) is 4.20. The van der Waals surface area contributed by atoms with E-state index < -0.39 is 0 Å². The van der Waals surface area contributed by atoms with Gasteiger partial charge in [-0.1, -0.05) is 29.8 Å². The number of carbonyl (C=O) groups excluding carboxylic acids is 1. The van der Waals surface area contributed by atoms with Crippen LogP contribution in [0, 0.1) is 20.8 Å². The van der Waals surface area contributed by atoms with Crippen molar-refractivity contribution in [2.75, 3.05) is 7.05 Å². The van der Waals surface area contributed by atoms with Gasteiger partial charge in [-0.2, -0.15) is 0 Å². The largest absolute Gasteiger partial charge is 0.508 e. The van der Waals surface area contributed by atoms with E-state index in [9.17, 15) is 9.90 Å². The second kappa shape index (κ2) is 8.53. The van der Waals surface area contributed by atoms with Gasteiger partial charge < -0.3 is 15.2 Å². The van der Waals surface area contributed by atoms with Crippen LogP contribution in [0.3, 0.4) is 0 Å². The predicted octanol–water partition coefficient (Wildman–Crippen LogP) is 6.27. The minimum absolute atomic E-state index is 0.0579. The number of phenols is 1. The highest BCUT2D eigenvalue weighted by molar-refractivity contribution is 7.21. The summed E-state index contributed by atoms with van der Waals surface area (Å²) < 4.78 is 7.08. The summed E-state index contributed by atoms with van der Waals surface area (Å²) in [6.45, 7) is 6.74. The van der Waals surface area contributed by atoms with Crippen LogP contribution in [0.25, 0.3) is 10.1 Å². The molecule has 3 aromatic carbocycles. The van der Waals surface area contributed by atoms with Crippen molar-refractivity contribution in [3.05, 3.63) is 87.3 Å². The molecule has 0 radical (unpaired) electrons. The minimum atomic E-state index is -0.0579. The lowest BCUT2D eigenvalue weighted by Crippen LogP contribution is -2.06. The van der Waals surface area contributed by atoms with Gasteiger partial charge in [-0.25, -0.2) is 0 Å². The van der Waals surface area contributed by atoms with Crippen molar-refractivity contribution in [1.82, 2.24) is 5.32 Å². The number of benzene rings is 3. The number of thiophene rings is 1. The van der Waals surface area contributed by atoms with Gasteiger partial charge in [0.15, 0.2) is 5.75 Å². The first-order valence-corrected chi connectivity index (χ1v) is 11.0. The van der Waals surface area contributed by atoms with Crippen molar-refractivity contribution in [3.8, 4) is 17.2 Å². The van der Waals surface area contributed by atoms with Crippen LogP contribution >= 0.6 is 11.3 Å². The maximum Gasteiger partial charge on any atom is 0.207 e. The molecule has 1 aromatic heterocycles. The van der Waals surface area contributed by atoms with Crippen LogP contribution < -0.4 is 10.1 Å². The molecule has 4 aromatic rings. The van der Waals surface area contributed by atoms with Gasteiger partial charge in [0.25, 0.3) is 0 Å². The molecule has 2 N–H and O–H groups in total. The number of carbonyl (C=O) groups is 1. The van der Waals surface area contributed by atoms with Crippen LogP contribution in [0.15, 0.2) is 54.6 Å². The highest BCUT2D eigenvalue weighted by Crippen LogP contribution is 2.43. The van der Waals surface area contributed by atoms with E-state index >= 15 is 0 Å². The second-order valence-corrected chi connectivity index (χ2v) is 8.87. The van der Waals surface area contributed by atoms with E-state index in [0.29, 0.717) is 21.9 Å². The lowest BCUT2D eigenvalue weighted by Gasteiger charge is -2.12. The lowest BCUT2D eigenvalue weighted by molar-refractivity contribution is 0.103. The molecule has 4 rings (SSSR count). The first kappa shape index (κ1) is 21.1. The molecular formula is C26H25NO3S. The van der Waals surface area contributed by atoms with Gasteiger partial charge in [0.2, 0.25) is 5.78 Å². The van der Waals surface area contributed by atoms with Crippen molar-refractivity contribution < 1.29 is 14.6 Å². The van der Waals surface area contributed by atoms with Crippen molar-refractivity contribution in [3.63, 3.8) is 0 Å². The summed E-state index contributed by atoms with van der Waals surface area (Å²) in [6, 6.07) is 17.0. The Morgan fingerprint density at radius 1 is 1.00 bits per heavy atom. The number of rotatable bonds is 6. The summed E-state index contributed by atoms with van der Waals surface area (Å²) in [5.74, 6) is 1.31. The Kier molecular flexibility index (Phi) is 5.81. The van der Waals surface area contributed by atoms with E-state index in [1.54, 1.807) is 18.2 Å². The standard InChI is InChI=1S/C26H25NO3S/c1-15-11-16(2)23(17(3)12-15)24(29)26-25(21-10-7-19(28)13-22(21)31-26)30-20-8-5-18(6-9-20)14-27-4/h5-13,27-28H,14H2,1-4H3. The molecule has 0 aliphatic rings. The Balaban J connectivity index is 1.83. The Morgan fingerprint density at radius 3 is 2.32 bits per heavy atom. The summed E-state index contributed by atoms with van der Waals surface area (Å²) in [5.41, 5.74) is 4.88. The normalized spacial score (nSPS) is 11.1. The summed E-state index contributed by atoms with van der Waals surface area (Å²) in [4.78, 5) is 14.2. The molecule has 0 unspecified atom stereocenters. The van der Waals surface area contributed by atoms with E-state index in [2.05, 4.69) is 5.32 Å². The fraction of sp³-hybridized carbons (Fsp3) is 0.192. The van der Waals surface area contributed by atoms with Crippen LogP contribution in [-0.4, -0.2) is 17.9 Å². The van der Waals surface area contributed by atoms with E-state index in [1.165, 1.54) is 11.3 Å². The molecule has 0 bridgehead atoms. The van der Waals surface area contributed by atoms with Gasteiger partial charge >= 0.3 is 0 Å². The summed E-state index contributed by atoms with van der Waals surface area (Å²) >= 11 is 1.35. The fourth-order valence-corrected chi connectivity index (χ4v) is 5.07. The molecule has 5 heteroatoms. The summed E-state index contributed by atoms with van der Waals surface area (Å²) in [7, 11) is 1.91. The Hall–Kier alpha value is -3.15. The number of fused-ring (bicyclic) bond motifs is 1. The monoisotopic (exact) mass is 431 g/mol. The second-order valence-electron chi connectivity index (χ2n) is 7.82. The van der Waals surface area contributed by atoms with Crippen molar-refractivity contribution in [1.29, 1.82) is 0 Å². The third-order valence-corrected chi connectivity index (χ3v) is 6.40. The van der Waals surface area contributed by atoms with E-state index in [-0.39, 0.29) is 11.5 Å². The number of ketones is 1. The topological polar surface area (TPSA) is 58.6 Å². The molecule has 158 valence electrons. The SMILES string of the molecule is CNCc1ccc(Oc2c(C(=O)c3c(C)cc(C)cc3C)sc3cc(O)ccc23)cc1. The minimum Gasteiger partial charge on any atom is -0.508 e. The highest BCUT2D eigenvalue weighted by Gasteiger charge is 2.24. The number of ether oxygens (including phenoxy) is 1. The number of aromatic hydroxyl groups is 1. The summed E-state index contributed by atoms with van der Waals surface area (Å²) in [6.07, 6.45) is 0. The average Bonchev–Trinajstić information content (AvgIpc) is 3.06. The highest BCUT2D eigenvalue weighted by atomic mass is 32.1. The molecule has 0 saturated carbocycles. The quantitative estimate of drug-likeness (QED) is 0.353.